The molecule has 1 aliphatic rings. The Balaban J connectivity index is 0.000000424. The topological polar surface area (TPSA) is 37.3 Å². The maximum Gasteiger partial charge on any atom is 0.290 e. The third-order valence-electron chi connectivity index (χ3n) is 3.14. The molecule has 13 heavy (non-hydrogen) atoms. The van der Waals surface area contributed by atoms with Gasteiger partial charge in [0.1, 0.15) is 0 Å². The predicted octanol–water partition coefficient (Wildman–Crippen LogP) is 3.23. The minimum Gasteiger partial charge on any atom is -0.483 e. The van der Waals surface area contributed by atoms with Crippen LogP contribution >= 0.6 is 0 Å². The molecule has 0 bridgehead atoms. The molecule has 0 amide bonds. The lowest BCUT2D eigenvalue weighted by molar-refractivity contribution is -0.122. The molecule has 0 unspecified atom stereocenters. The van der Waals surface area contributed by atoms with Gasteiger partial charge in [-0.3, -0.25) is 4.79 Å². The molecule has 0 aliphatic heterocycles. The van der Waals surface area contributed by atoms with Gasteiger partial charge in [-0.05, 0) is 31.6 Å². The molecule has 2 nitrogen and oxygen atoms in total. The van der Waals surface area contributed by atoms with Crippen LogP contribution in [0.4, 0.5) is 0 Å². The van der Waals surface area contributed by atoms with Gasteiger partial charge in [-0.2, -0.15) is 0 Å². The molecule has 0 heterocycles. The van der Waals surface area contributed by atoms with Crippen LogP contribution in [0.5, 0.6) is 0 Å². The summed E-state index contributed by atoms with van der Waals surface area (Å²) in [4.78, 5) is 8.36. The van der Waals surface area contributed by atoms with Gasteiger partial charge in [0.15, 0.2) is 0 Å². The summed E-state index contributed by atoms with van der Waals surface area (Å²) in [5, 5.41) is 6.89. The van der Waals surface area contributed by atoms with E-state index in [0.717, 1.165) is 0 Å². The second-order valence-corrected chi connectivity index (χ2v) is 3.73. The number of carbonyl (C=O) groups is 1. The van der Waals surface area contributed by atoms with Gasteiger partial charge in [-0.15, -0.1) is 0 Å². The van der Waals surface area contributed by atoms with E-state index >= 15 is 0 Å². The molecule has 1 saturated carbocycles. The Bertz CT molecular complexity index is 167. The maximum atomic E-state index is 8.36. The number of hydrogen-bond donors (Lipinski definition) is 1. The van der Waals surface area contributed by atoms with Crippen LogP contribution in [0.1, 0.15) is 46.0 Å². The number of allylic oxidation sites excluding steroid dienone is 1. The summed E-state index contributed by atoms with van der Waals surface area (Å²) < 4.78 is 0. The average Bonchev–Trinajstić information content (AvgIpc) is 2.54. The summed E-state index contributed by atoms with van der Waals surface area (Å²) in [6.45, 7) is 8.31. The van der Waals surface area contributed by atoms with E-state index in [4.69, 9.17) is 9.90 Å². The highest BCUT2D eigenvalue weighted by Crippen LogP contribution is 2.45. The van der Waals surface area contributed by atoms with Gasteiger partial charge >= 0.3 is 0 Å². The lowest BCUT2D eigenvalue weighted by Gasteiger charge is -2.27. The molecule has 0 aromatic carbocycles. The van der Waals surface area contributed by atoms with Crippen LogP contribution in [0, 0.1) is 5.41 Å². The summed E-state index contributed by atoms with van der Waals surface area (Å²) in [5.74, 6) is 0. The van der Waals surface area contributed by atoms with E-state index in [1.54, 1.807) is 0 Å². The van der Waals surface area contributed by atoms with Crippen LogP contribution in [0.15, 0.2) is 12.2 Å². The van der Waals surface area contributed by atoms with Crippen molar-refractivity contribution in [1.29, 1.82) is 0 Å². The molecule has 0 aromatic rings. The molecular weight excluding hydrogens is 164 g/mol. The predicted molar refractivity (Wildman–Crippen MR) is 54.7 cm³/mol. The molecule has 0 atom stereocenters. The fourth-order valence-electron chi connectivity index (χ4n) is 2.13. The van der Waals surface area contributed by atoms with Crippen LogP contribution in [-0.2, 0) is 4.79 Å². The Labute approximate surface area is 80.7 Å². The molecule has 1 rings (SSSR count). The minimum absolute atomic E-state index is 0.250. The van der Waals surface area contributed by atoms with Crippen molar-refractivity contribution in [3.05, 3.63) is 12.2 Å². The van der Waals surface area contributed by atoms with Crippen LogP contribution < -0.4 is 0 Å². The van der Waals surface area contributed by atoms with Crippen molar-refractivity contribution in [2.24, 2.45) is 5.41 Å². The van der Waals surface area contributed by atoms with Crippen molar-refractivity contribution in [1.82, 2.24) is 0 Å². The van der Waals surface area contributed by atoms with E-state index in [1.807, 2.05) is 0 Å². The van der Waals surface area contributed by atoms with E-state index in [9.17, 15) is 0 Å². The molecular formula is C11H20O2. The van der Waals surface area contributed by atoms with Crippen LogP contribution in [-0.4, -0.2) is 11.6 Å². The van der Waals surface area contributed by atoms with Gasteiger partial charge in [0.05, 0.1) is 0 Å². The zero-order chi connectivity index (χ0) is 10.3. The minimum atomic E-state index is -0.250. The van der Waals surface area contributed by atoms with Gasteiger partial charge in [0.25, 0.3) is 6.47 Å². The van der Waals surface area contributed by atoms with Crippen LogP contribution in [0.25, 0.3) is 0 Å². The number of hydrogen-bond acceptors (Lipinski definition) is 1. The maximum absolute atomic E-state index is 8.36. The Morgan fingerprint density at radius 3 is 2.08 bits per heavy atom. The van der Waals surface area contributed by atoms with E-state index < -0.39 is 0 Å². The van der Waals surface area contributed by atoms with E-state index in [2.05, 4.69) is 20.4 Å². The normalized spacial score (nSPS) is 18.6. The Kier molecular flexibility index (Phi) is 5.44. The molecule has 1 fully saturated rings. The second-order valence-electron chi connectivity index (χ2n) is 3.73. The van der Waals surface area contributed by atoms with Gasteiger partial charge < -0.3 is 5.11 Å². The first-order valence-corrected chi connectivity index (χ1v) is 4.87. The Morgan fingerprint density at radius 1 is 1.54 bits per heavy atom. The van der Waals surface area contributed by atoms with Gasteiger partial charge in [-0.1, -0.05) is 31.9 Å². The summed E-state index contributed by atoms with van der Waals surface area (Å²) in [7, 11) is 0. The smallest absolute Gasteiger partial charge is 0.290 e. The molecule has 1 aliphatic carbocycles. The number of rotatable bonds is 2. The van der Waals surface area contributed by atoms with E-state index in [-0.39, 0.29) is 6.47 Å². The van der Waals surface area contributed by atoms with Gasteiger partial charge in [-0.25, -0.2) is 0 Å². The molecule has 76 valence electrons. The highest BCUT2D eigenvalue weighted by Gasteiger charge is 2.32. The first-order chi connectivity index (χ1) is 6.13. The first kappa shape index (κ1) is 12.2. The standard InChI is InChI=1S/C10H18.CH2O2/c1-4-10(9(2)3)7-5-6-8-10;2-1-3/h2,4-8H2,1,3H3;1H,(H,2,3). The Hall–Kier alpha value is -0.790. The van der Waals surface area contributed by atoms with Crippen molar-refractivity contribution in [2.45, 2.75) is 46.0 Å². The second kappa shape index (κ2) is 5.79. The van der Waals surface area contributed by atoms with E-state index in [1.165, 1.54) is 37.7 Å². The average molecular weight is 184 g/mol. The van der Waals surface area contributed by atoms with Crippen molar-refractivity contribution >= 4 is 6.47 Å². The summed E-state index contributed by atoms with van der Waals surface area (Å²) in [6.07, 6.45) is 6.90. The molecule has 1 N–H and O–H groups in total. The summed E-state index contributed by atoms with van der Waals surface area (Å²) in [5.41, 5.74) is 1.95. The summed E-state index contributed by atoms with van der Waals surface area (Å²) in [6, 6.07) is 0. The van der Waals surface area contributed by atoms with Crippen molar-refractivity contribution < 1.29 is 9.90 Å². The van der Waals surface area contributed by atoms with E-state index in [0.29, 0.717) is 5.41 Å². The zero-order valence-electron chi connectivity index (χ0n) is 8.68. The largest absolute Gasteiger partial charge is 0.483 e. The quantitative estimate of drug-likeness (QED) is 0.528. The fourth-order valence-corrected chi connectivity index (χ4v) is 2.13. The van der Waals surface area contributed by atoms with Crippen LogP contribution in [0.3, 0.4) is 0 Å². The van der Waals surface area contributed by atoms with Gasteiger partial charge in [0.2, 0.25) is 0 Å². The molecule has 2 heteroatoms. The van der Waals surface area contributed by atoms with Crippen molar-refractivity contribution in [3.8, 4) is 0 Å². The van der Waals surface area contributed by atoms with Crippen molar-refractivity contribution in [3.63, 3.8) is 0 Å². The lowest BCUT2D eigenvalue weighted by atomic mass is 9.78. The monoisotopic (exact) mass is 184 g/mol. The lowest BCUT2D eigenvalue weighted by Crippen LogP contribution is -2.15. The zero-order valence-corrected chi connectivity index (χ0v) is 8.68. The molecule has 0 radical (unpaired) electrons. The first-order valence-electron chi connectivity index (χ1n) is 4.87. The fraction of sp³-hybridized carbons (Fsp3) is 0.727. The third kappa shape index (κ3) is 3.21. The molecule has 0 spiro atoms. The SMILES string of the molecule is C=C(C)C1(CC)CCCC1.O=CO. The molecule has 0 aromatic heterocycles. The highest BCUT2D eigenvalue weighted by atomic mass is 16.3. The Morgan fingerprint density at radius 2 is 1.92 bits per heavy atom. The van der Waals surface area contributed by atoms with Crippen LogP contribution in [0.2, 0.25) is 0 Å². The van der Waals surface area contributed by atoms with Gasteiger partial charge in [0, 0.05) is 0 Å². The summed E-state index contributed by atoms with van der Waals surface area (Å²) >= 11 is 0. The molecule has 0 saturated heterocycles. The third-order valence-corrected chi connectivity index (χ3v) is 3.14. The highest BCUT2D eigenvalue weighted by molar-refractivity contribution is 5.32. The van der Waals surface area contributed by atoms with Crippen molar-refractivity contribution in [2.75, 3.05) is 0 Å². The number of carboxylic acid groups (broad SMARTS) is 1.